The molecule has 1 N–H and O–H groups in total. The van der Waals surface area contributed by atoms with Crippen molar-refractivity contribution in [1.82, 2.24) is 9.88 Å². The van der Waals surface area contributed by atoms with Crippen LogP contribution in [-0.4, -0.2) is 40.6 Å². The maximum absolute atomic E-state index is 11.8. The van der Waals surface area contributed by atoms with E-state index >= 15 is 0 Å². The van der Waals surface area contributed by atoms with Crippen molar-refractivity contribution < 1.29 is 14.6 Å². The zero-order valence-corrected chi connectivity index (χ0v) is 10.7. The second-order valence-electron chi connectivity index (χ2n) is 4.58. The Bertz CT molecular complexity index is 444. The number of carbonyl (C=O) groups is 1. The molecule has 5 heteroatoms. The Labute approximate surface area is 106 Å². The van der Waals surface area contributed by atoms with Crippen LogP contribution in [0.4, 0.5) is 0 Å². The van der Waals surface area contributed by atoms with Gasteiger partial charge in [-0.2, -0.15) is 0 Å². The first-order valence-electron chi connectivity index (χ1n) is 6.07. The van der Waals surface area contributed by atoms with Crippen molar-refractivity contribution >= 4 is 5.91 Å². The maximum atomic E-state index is 11.8. The van der Waals surface area contributed by atoms with E-state index in [1.54, 1.807) is 24.1 Å². The minimum Gasteiger partial charge on any atom is -0.482 e. The van der Waals surface area contributed by atoms with E-state index in [4.69, 9.17) is 4.74 Å². The Morgan fingerprint density at radius 3 is 2.89 bits per heavy atom. The van der Waals surface area contributed by atoms with Crippen molar-refractivity contribution in [2.24, 2.45) is 0 Å². The highest BCUT2D eigenvalue weighted by Crippen LogP contribution is 2.25. The van der Waals surface area contributed by atoms with Gasteiger partial charge >= 0.3 is 0 Å². The molecule has 1 saturated carbocycles. The fourth-order valence-corrected chi connectivity index (χ4v) is 1.75. The Morgan fingerprint density at radius 2 is 2.28 bits per heavy atom. The highest BCUT2D eigenvalue weighted by Gasteiger charge is 2.29. The van der Waals surface area contributed by atoms with Crippen molar-refractivity contribution in [1.29, 1.82) is 0 Å². The third-order valence-electron chi connectivity index (χ3n) is 3.06. The van der Waals surface area contributed by atoms with Crippen LogP contribution in [0.2, 0.25) is 0 Å². The molecule has 0 spiro atoms. The number of carbonyl (C=O) groups excluding carboxylic acids is 1. The molecule has 0 aromatic carbocycles. The van der Waals surface area contributed by atoms with Gasteiger partial charge in [0.25, 0.3) is 5.91 Å². The lowest BCUT2D eigenvalue weighted by molar-refractivity contribution is -0.132. The molecular weight excluding hydrogens is 232 g/mol. The number of likely N-dealkylation sites (N-methyl/N-ethyl adjacent to an activating group) is 1. The molecule has 0 unspecified atom stereocenters. The lowest BCUT2D eigenvalue weighted by atomic mass is 10.3. The van der Waals surface area contributed by atoms with Gasteiger partial charge in [-0.05, 0) is 31.9 Å². The second kappa shape index (κ2) is 5.35. The SMILES string of the molecule is Cc1ccc(OCC(=O)N(C)C2CC2)c(CO)n1. The molecule has 5 nitrogen and oxygen atoms in total. The first-order valence-corrected chi connectivity index (χ1v) is 6.07. The highest BCUT2D eigenvalue weighted by atomic mass is 16.5. The number of nitrogens with zero attached hydrogens (tertiary/aromatic N) is 2. The number of ether oxygens (including phenoxy) is 1. The Kier molecular flexibility index (Phi) is 3.81. The fraction of sp³-hybridized carbons (Fsp3) is 0.538. The zero-order valence-electron chi connectivity index (χ0n) is 10.7. The van der Waals surface area contributed by atoms with Crippen LogP contribution >= 0.6 is 0 Å². The van der Waals surface area contributed by atoms with E-state index in [1.807, 2.05) is 6.92 Å². The molecule has 1 aliphatic rings. The van der Waals surface area contributed by atoms with E-state index < -0.39 is 0 Å². The standard InChI is InChI=1S/C13H18N2O3/c1-9-3-6-12(11(7-16)14-9)18-8-13(17)15(2)10-4-5-10/h3,6,10,16H,4-5,7-8H2,1-2H3. The molecule has 0 radical (unpaired) electrons. The normalized spacial score (nSPS) is 14.4. The topological polar surface area (TPSA) is 62.7 Å². The number of hydrogen-bond acceptors (Lipinski definition) is 4. The minimum absolute atomic E-state index is 0.00919. The average Bonchev–Trinajstić information content (AvgIpc) is 3.20. The number of aromatic nitrogens is 1. The van der Waals surface area contributed by atoms with Gasteiger partial charge in [0.05, 0.1) is 6.61 Å². The summed E-state index contributed by atoms with van der Waals surface area (Å²) in [4.78, 5) is 17.7. The Morgan fingerprint density at radius 1 is 1.56 bits per heavy atom. The number of aliphatic hydroxyl groups is 1. The van der Waals surface area contributed by atoms with Crippen LogP contribution < -0.4 is 4.74 Å². The van der Waals surface area contributed by atoms with Crippen LogP contribution in [0.1, 0.15) is 24.2 Å². The van der Waals surface area contributed by atoms with Crippen LogP contribution in [0.5, 0.6) is 5.75 Å². The summed E-state index contributed by atoms with van der Waals surface area (Å²) in [7, 11) is 1.80. The summed E-state index contributed by atoms with van der Waals surface area (Å²) in [5, 5.41) is 9.18. The van der Waals surface area contributed by atoms with Crippen molar-refractivity contribution in [3.05, 3.63) is 23.5 Å². The average molecular weight is 250 g/mol. The van der Waals surface area contributed by atoms with Crippen LogP contribution in [0, 0.1) is 6.92 Å². The molecule has 0 saturated heterocycles. The molecule has 1 heterocycles. The van der Waals surface area contributed by atoms with E-state index in [0.29, 0.717) is 17.5 Å². The molecule has 0 aliphatic heterocycles. The van der Waals surface area contributed by atoms with Gasteiger partial charge in [0.2, 0.25) is 0 Å². The first kappa shape index (κ1) is 12.8. The molecule has 1 aromatic rings. The largest absolute Gasteiger partial charge is 0.482 e. The number of aryl methyl sites for hydroxylation is 1. The summed E-state index contributed by atoms with van der Waals surface area (Å²) < 4.78 is 5.43. The predicted octanol–water partition coefficient (Wildman–Crippen LogP) is 0.882. The second-order valence-corrected chi connectivity index (χ2v) is 4.58. The summed E-state index contributed by atoms with van der Waals surface area (Å²) in [5.74, 6) is 0.433. The van der Waals surface area contributed by atoms with Crippen LogP contribution in [0.15, 0.2) is 12.1 Å². The summed E-state index contributed by atoms with van der Waals surface area (Å²) in [6.45, 7) is 1.64. The fourth-order valence-electron chi connectivity index (χ4n) is 1.75. The Hall–Kier alpha value is -1.62. The monoisotopic (exact) mass is 250 g/mol. The summed E-state index contributed by atoms with van der Waals surface area (Å²) in [5.41, 5.74) is 1.28. The molecule has 1 aliphatic carbocycles. The zero-order chi connectivity index (χ0) is 13.1. The van der Waals surface area contributed by atoms with E-state index in [0.717, 1.165) is 18.5 Å². The van der Waals surface area contributed by atoms with Crippen molar-refractivity contribution in [2.75, 3.05) is 13.7 Å². The van der Waals surface area contributed by atoms with Crippen LogP contribution in [0.3, 0.4) is 0 Å². The van der Waals surface area contributed by atoms with Gasteiger partial charge in [-0.1, -0.05) is 0 Å². The third kappa shape index (κ3) is 2.98. The van der Waals surface area contributed by atoms with Crippen LogP contribution in [0.25, 0.3) is 0 Å². The van der Waals surface area contributed by atoms with Gasteiger partial charge < -0.3 is 14.7 Å². The lowest BCUT2D eigenvalue weighted by Crippen LogP contribution is -2.33. The summed E-state index contributed by atoms with van der Waals surface area (Å²) in [6, 6.07) is 3.91. The smallest absolute Gasteiger partial charge is 0.260 e. The molecule has 2 rings (SSSR count). The maximum Gasteiger partial charge on any atom is 0.260 e. The Balaban J connectivity index is 1.94. The molecule has 1 aromatic heterocycles. The van der Waals surface area contributed by atoms with E-state index in [9.17, 15) is 9.90 Å². The quantitative estimate of drug-likeness (QED) is 0.842. The number of amides is 1. The van der Waals surface area contributed by atoms with Gasteiger partial charge in [-0.25, -0.2) is 0 Å². The minimum atomic E-state index is -0.191. The molecular formula is C13H18N2O3. The lowest BCUT2D eigenvalue weighted by Gasteiger charge is -2.17. The first-order chi connectivity index (χ1) is 8.61. The van der Waals surface area contributed by atoms with Crippen molar-refractivity contribution in [2.45, 2.75) is 32.4 Å². The third-order valence-corrected chi connectivity index (χ3v) is 3.06. The van der Waals surface area contributed by atoms with Gasteiger partial charge in [-0.15, -0.1) is 0 Å². The highest BCUT2D eigenvalue weighted by molar-refractivity contribution is 5.78. The molecule has 1 amide bonds. The van der Waals surface area contributed by atoms with Crippen molar-refractivity contribution in [3.8, 4) is 5.75 Å². The van der Waals surface area contributed by atoms with E-state index in [1.165, 1.54) is 0 Å². The molecule has 18 heavy (non-hydrogen) atoms. The van der Waals surface area contributed by atoms with Crippen LogP contribution in [-0.2, 0) is 11.4 Å². The van der Waals surface area contributed by atoms with E-state index in [-0.39, 0.29) is 19.1 Å². The van der Waals surface area contributed by atoms with Gasteiger partial charge in [0.15, 0.2) is 6.61 Å². The van der Waals surface area contributed by atoms with Gasteiger partial charge in [0, 0.05) is 18.8 Å². The van der Waals surface area contributed by atoms with Gasteiger partial charge in [-0.3, -0.25) is 9.78 Å². The number of aliphatic hydroxyl groups excluding tert-OH is 1. The molecule has 98 valence electrons. The number of rotatable bonds is 5. The number of pyridine rings is 1. The molecule has 1 fully saturated rings. The summed E-state index contributed by atoms with van der Waals surface area (Å²) in [6.07, 6.45) is 2.16. The van der Waals surface area contributed by atoms with Gasteiger partial charge in [0.1, 0.15) is 11.4 Å². The van der Waals surface area contributed by atoms with Crippen molar-refractivity contribution in [3.63, 3.8) is 0 Å². The number of hydrogen-bond donors (Lipinski definition) is 1. The predicted molar refractivity (Wildman–Crippen MR) is 66.2 cm³/mol. The van der Waals surface area contributed by atoms with E-state index in [2.05, 4.69) is 4.98 Å². The molecule has 0 bridgehead atoms. The summed E-state index contributed by atoms with van der Waals surface area (Å²) >= 11 is 0. The molecule has 0 atom stereocenters.